The lowest BCUT2D eigenvalue weighted by molar-refractivity contribution is -0.119. The summed E-state index contributed by atoms with van der Waals surface area (Å²) in [5.74, 6) is 0.0509. The van der Waals surface area contributed by atoms with Crippen molar-refractivity contribution in [2.45, 2.75) is 0 Å². The van der Waals surface area contributed by atoms with Crippen LogP contribution in [0.15, 0.2) is 73.3 Å². The number of carbonyl (C=O) groups is 1. The number of hydrogen-bond donors (Lipinski definition) is 1. The smallest absolute Gasteiger partial charge is 0.250 e. The van der Waals surface area contributed by atoms with E-state index in [0.717, 1.165) is 22.5 Å². The molecule has 0 saturated heterocycles. The maximum absolute atomic E-state index is 13.9. The number of ether oxygens (including phenoxy) is 2. The SMILES string of the molecule is COCC(=O)Nc1ccc(-c2cnc3ccc(-c4nncn4-c4ccc(F)c(OC)c4)cn23)cc1. The van der Waals surface area contributed by atoms with Crippen molar-refractivity contribution in [2.24, 2.45) is 0 Å². The summed E-state index contributed by atoms with van der Waals surface area (Å²) >= 11 is 0. The van der Waals surface area contributed by atoms with Crippen molar-refractivity contribution in [3.63, 3.8) is 0 Å². The largest absolute Gasteiger partial charge is 0.494 e. The third kappa shape index (κ3) is 4.34. The molecule has 3 heterocycles. The van der Waals surface area contributed by atoms with Gasteiger partial charge in [-0.15, -0.1) is 10.2 Å². The van der Waals surface area contributed by atoms with Crippen LogP contribution in [0.25, 0.3) is 34.0 Å². The molecule has 0 aliphatic carbocycles. The third-order valence-electron chi connectivity index (χ3n) is 5.46. The number of hydrogen-bond acceptors (Lipinski definition) is 6. The van der Waals surface area contributed by atoms with E-state index in [9.17, 15) is 9.18 Å². The molecule has 0 atom stereocenters. The number of benzene rings is 2. The number of aromatic nitrogens is 5. The normalized spacial score (nSPS) is 11.1. The van der Waals surface area contributed by atoms with Crippen LogP contribution in [0, 0.1) is 5.82 Å². The lowest BCUT2D eigenvalue weighted by Crippen LogP contribution is -2.16. The van der Waals surface area contributed by atoms with Crippen molar-refractivity contribution in [2.75, 3.05) is 26.1 Å². The summed E-state index contributed by atoms with van der Waals surface area (Å²) in [6, 6.07) is 15.8. The summed E-state index contributed by atoms with van der Waals surface area (Å²) < 4.78 is 27.6. The minimum Gasteiger partial charge on any atom is -0.494 e. The molecule has 0 spiro atoms. The molecule has 0 radical (unpaired) electrons. The van der Waals surface area contributed by atoms with Gasteiger partial charge in [-0.1, -0.05) is 12.1 Å². The van der Waals surface area contributed by atoms with Gasteiger partial charge in [-0.2, -0.15) is 0 Å². The van der Waals surface area contributed by atoms with E-state index in [-0.39, 0.29) is 18.3 Å². The highest BCUT2D eigenvalue weighted by Crippen LogP contribution is 2.28. The van der Waals surface area contributed by atoms with Gasteiger partial charge < -0.3 is 14.8 Å². The zero-order valence-electron chi connectivity index (χ0n) is 19.0. The molecule has 0 aliphatic rings. The molecule has 0 unspecified atom stereocenters. The van der Waals surface area contributed by atoms with Gasteiger partial charge in [0.1, 0.15) is 18.6 Å². The molecule has 9 nitrogen and oxygen atoms in total. The number of nitrogens with zero attached hydrogens (tertiary/aromatic N) is 5. The van der Waals surface area contributed by atoms with E-state index in [2.05, 4.69) is 20.5 Å². The Hall–Kier alpha value is -4.57. The fourth-order valence-corrected chi connectivity index (χ4v) is 3.80. The Kier molecular flexibility index (Phi) is 5.94. The van der Waals surface area contributed by atoms with Gasteiger partial charge in [-0.05, 0) is 36.4 Å². The molecule has 2 aromatic carbocycles. The van der Waals surface area contributed by atoms with Gasteiger partial charge in [0.2, 0.25) is 5.91 Å². The van der Waals surface area contributed by atoms with Crippen LogP contribution < -0.4 is 10.1 Å². The van der Waals surface area contributed by atoms with Crippen LogP contribution in [0.2, 0.25) is 0 Å². The van der Waals surface area contributed by atoms with E-state index in [0.29, 0.717) is 17.2 Å². The molecular formula is C25H21FN6O3. The second-order valence-corrected chi connectivity index (χ2v) is 7.69. The molecule has 176 valence electrons. The molecular weight excluding hydrogens is 451 g/mol. The summed E-state index contributed by atoms with van der Waals surface area (Å²) in [5, 5.41) is 11.1. The van der Waals surface area contributed by atoms with Crippen molar-refractivity contribution in [1.82, 2.24) is 24.1 Å². The summed E-state index contributed by atoms with van der Waals surface area (Å²) in [4.78, 5) is 16.2. The molecule has 0 saturated carbocycles. The first-order valence-corrected chi connectivity index (χ1v) is 10.7. The van der Waals surface area contributed by atoms with Crippen LogP contribution >= 0.6 is 0 Å². The topological polar surface area (TPSA) is 95.6 Å². The van der Waals surface area contributed by atoms with E-state index >= 15 is 0 Å². The number of halogens is 1. The van der Waals surface area contributed by atoms with Crippen LogP contribution in [-0.4, -0.2) is 50.9 Å². The number of imidazole rings is 1. The first kappa shape index (κ1) is 22.2. The number of rotatable bonds is 7. The lowest BCUT2D eigenvalue weighted by Gasteiger charge is -2.10. The second kappa shape index (κ2) is 9.35. The number of anilines is 1. The van der Waals surface area contributed by atoms with E-state index in [1.54, 1.807) is 29.2 Å². The summed E-state index contributed by atoms with van der Waals surface area (Å²) in [6.45, 7) is -0.00684. The quantitative estimate of drug-likeness (QED) is 0.385. The number of fused-ring (bicyclic) bond motifs is 1. The Morgan fingerprint density at radius 2 is 1.86 bits per heavy atom. The zero-order valence-corrected chi connectivity index (χ0v) is 19.0. The average Bonchev–Trinajstić information content (AvgIpc) is 3.52. The lowest BCUT2D eigenvalue weighted by atomic mass is 10.1. The maximum atomic E-state index is 13.9. The number of nitrogens with one attached hydrogen (secondary N) is 1. The fraction of sp³-hybridized carbons (Fsp3) is 0.120. The first-order chi connectivity index (χ1) is 17.1. The van der Waals surface area contributed by atoms with Gasteiger partial charge in [0, 0.05) is 36.2 Å². The van der Waals surface area contributed by atoms with Gasteiger partial charge in [-0.25, -0.2) is 9.37 Å². The summed E-state index contributed by atoms with van der Waals surface area (Å²) in [7, 11) is 2.89. The van der Waals surface area contributed by atoms with Gasteiger partial charge >= 0.3 is 0 Å². The van der Waals surface area contributed by atoms with Gasteiger partial charge in [-0.3, -0.25) is 13.8 Å². The molecule has 0 bridgehead atoms. The van der Waals surface area contributed by atoms with E-state index in [1.807, 2.05) is 47.0 Å². The Labute approximate surface area is 199 Å². The number of pyridine rings is 1. The zero-order chi connectivity index (χ0) is 24.4. The van der Waals surface area contributed by atoms with E-state index < -0.39 is 5.82 Å². The molecule has 5 aromatic rings. The molecule has 0 fully saturated rings. The first-order valence-electron chi connectivity index (χ1n) is 10.7. The molecule has 5 rings (SSSR count). The van der Waals surface area contributed by atoms with Crippen molar-refractivity contribution in [3.05, 3.63) is 79.1 Å². The monoisotopic (exact) mass is 472 g/mol. The van der Waals surface area contributed by atoms with Crippen molar-refractivity contribution < 1.29 is 18.7 Å². The predicted octanol–water partition coefficient (Wildman–Crippen LogP) is 3.98. The highest BCUT2D eigenvalue weighted by atomic mass is 19.1. The summed E-state index contributed by atoms with van der Waals surface area (Å²) in [5.41, 5.74) is 4.68. The Morgan fingerprint density at radius 3 is 2.63 bits per heavy atom. The summed E-state index contributed by atoms with van der Waals surface area (Å²) in [6.07, 6.45) is 5.28. The average molecular weight is 472 g/mol. The fourth-order valence-electron chi connectivity index (χ4n) is 3.80. The van der Waals surface area contributed by atoms with Crippen LogP contribution in [0.5, 0.6) is 5.75 Å². The van der Waals surface area contributed by atoms with Crippen molar-refractivity contribution in [3.8, 4) is 34.1 Å². The third-order valence-corrected chi connectivity index (χ3v) is 5.46. The van der Waals surface area contributed by atoms with Gasteiger partial charge in [0.15, 0.2) is 17.4 Å². The van der Waals surface area contributed by atoms with Crippen LogP contribution in [0.1, 0.15) is 0 Å². The molecule has 1 N–H and O–H groups in total. The number of carbonyl (C=O) groups excluding carboxylic acids is 1. The Bertz CT molecular complexity index is 1510. The minimum atomic E-state index is -0.445. The maximum Gasteiger partial charge on any atom is 0.250 e. The Balaban J connectivity index is 1.50. The van der Waals surface area contributed by atoms with Crippen molar-refractivity contribution >= 4 is 17.2 Å². The molecule has 35 heavy (non-hydrogen) atoms. The van der Waals surface area contributed by atoms with Crippen molar-refractivity contribution in [1.29, 1.82) is 0 Å². The van der Waals surface area contributed by atoms with Gasteiger partial charge in [0.25, 0.3) is 0 Å². The Morgan fingerprint density at radius 1 is 1.06 bits per heavy atom. The highest BCUT2D eigenvalue weighted by molar-refractivity contribution is 5.91. The number of methoxy groups -OCH3 is 2. The number of amides is 1. The predicted molar refractivity (Wildman–Crippen MR) is 128 cm³/mol. The van der Waals surface area contributed by atoms with E-state index in [1.165, 1.54) is 20.3 Å². The van der Waals surface area contributed by atoms with Crippen LogP contribution in [-0.2, 0) is 9.53 Å². The van der Waals surface area contributed by atoms with Gasteiger partial charge in [0.05, 0.1) is 24.7 Å². The molecule has 3 aromatic heterocycles. The minimum absolute atomic E-state index is 0.00684. The second-order valence-electron chi connectivity index (χ2n) is 7.69. The standard InChI is InChI=1S/C25H21FN6O3/c1-34-14-24(33)29-18-6-3-16(4-7-18)21-12-27-23-10-5-17(13-31(21)23)25-30-28-15-32(25)19-8-9-20(26)22(11-19)35-2/h3-13,15H,14H2,1-2H3,(H,29,33). The molecule has 0 aliphatic heterocycles. The molecule has 10 heteroatoms. The van der Waals surface area contributed by atoms with E-state index in [4.69, 9.17) is 9.47 Å². The highest BCUT2D eigenvalue weighted by Gasteiger charge is 2.14. The van der Waals surface area contributed by atoms with Crippen LogP contribution in [0.4, 0.5) is 10.1 Å². The molecule has 1 amide bonds. The van der Waals surface area contributed by atoms with Crippen LogP contribution in [0.3, 0.4) is 0 Å².